The Hall–Kier alpha value is -3.03. The third-order valence-electron chi connectivity index (χ3n) is 11.1. The van der Waals surface area contributed by atoms with E-state index in [4.69, 9.17) is 14.6 Å². The maximum atomic E-state index is 13.6. The molecule has 2 aromatic rings. The highest BCUT2D eigenvalue weighted by molar-refractivity contribution is 5.91. The molecule has 0 bridgehead atoms. The van der Waals surface area contributed by atoms with E-state index >= 15 is 0 Å². The van der Waals surface area contributed by atoms with Crippen LogP contribution in [0.4, 0.5) is 0 Å². The zero-order valence-electron chi connectivity index (χ0n) is 25.9. The molecule has 8 atom stereocenters. The number of carbonyl (C=O) groups is 2. The van der Waals surface area contributed by atoms with Crippen molar-refractivity contribution in [2.75, 3.05) is 6.61 Å². The number of ether oxygens (including phenoxy) is 2. The van der Waals surface area contributed by atoms with Gasteiger partial charge in [0.25, 0.3) is 0 Å². The first-order chi connectivity index (χ1) is 19.8. The molecule has 2 saturated carbocycles. The van der Waals surface area contributed by atoms with Crippen LogP contribution in [-0.4, -0.2) is 51.1 Å². The predicted octanol–water partition coefficient (Wildman–Crippen LogP) is 5.73. The summed E-state index contributed by atoms with van der Waals surface area (Å²) >= 11 is 0. The summed E-state index contributed by atoms with van der Waals surface area (Å²) in [5.74, 6) is -0.824. The molecule has 0 spiro atoms. The molecular weight excluding hydrogens is 528 g/mol. The average molecular weight is 573 g/mol. The van der Waals surface area contributed by atoms with Gasteiger partial charge in [-0.25, -0.2) is 4.68 Å². The lowest BCUT2D eigenvalue weighted by Crippen LogP contribution is -2.63. The Labute approximate surface area is 249 Å². The smallest absolute Gasteiger partial charge is 0.303 e. The van der Waals surface area contributed by atoms with E-state index in [9.17, 15) is 14.7 Å². The number of carbonyl (C=O) groups excluding carboxylic acids is 2. The number of rotatable bonds is 6. The number of allylic oxidation sites excluding steroid dienone is 3. The zero-order valence-corrected chi connectivity index (χ0v) is 25.9. The number of aliphatic hydroxyl groups is 1. The van der Waals surface area contributed by atoms with Crippen LogP contribution in [0.25, 0.3) is 11.8 Å². The molecular formula is C35H44N2O5. The molecule has 0 saturated heterocycles. The molecule has 1 N–H and O–H groups in total. The van der Waals surface area contributed by atoms with Crippen molar-refractivity contribution >= 4 is 17.8 Å². The molecule has 42 heavy (non-hydrogen) atoms. The van der Waals surface area contributed by atoms with Crippen LogP contribution in [0.15, 0.2) is 53.8 Å². The van der Waals surface area contributed by atoms with Crippen LogP contribution in [-0.2, 0) is 25.5 Å². The van der Waals surface area contributed by atoms with Gasteiger partial charge in [-0.05, 0) is 87.1 Å². The minimum atomic E-state index is -1.61. The van der Waals surface area contributed by atoms with Gasteiger partial charge in [-0.1, -0.05) is 50.6 Å². The molecule has 224 valence electrons. The lowest BCUT2D eigenvalue weighted by atomic mass is 9.46. The van der Waals surface area contributed by atoms with Crippen molar-refractivity contribution in [3.63, 3.8) is 0 Å². The van der Waals surface area contributed by atoms with Crippen molar-refractivity contribution in [2.45, 2.75) is 85.5 Å². The third-order valence-corrected chi connectivity index (χ3v) is 11.1. The summed E-state index contributed by atoms with van der Waals surface area (Å²) in [5, 5.41) is 17.1. The van der Waals surface area contributed by atoms with Crippen molar-refractivity contribution < 1.29 is 24.2 Å². The number of para-hydroxylation sites is 1. The van der Waals surface area contributed by atoms with Crippen LogP contribution in [0.1, 0.15) is 72.6 Å². The van der Waals surface area contributed by atoms with E-state index < -0.39 is 29.4 Å². The topological polar surface area (TPSA) is 90.7 Å². The van der Waals surface area contributed by atoms with Crippen molar-refractivity contribution in [3.8, 4) is 5.69 Å². The molecule has 1 aromatic carbocycles. The molecule has 0 radical (unpaired) electrons. The van der Waals surface area contributed by atoms with Gasteiger partial charge in [-0.2, -0.15) is 5.10 Å². The SMILES string of the molecule is CC(=O)OCC(=O)C1(O)C(C)CC2C3C=C(C)C4=Cc5c(cnn5-c5ccccc5)CC4(C)C3C(OC(C)C)CC21C. The van der Waals surface area contributed by atoms with Gasteiger partial charge in [0.2, 0.25) is 5.78 Å². The van der Waals surface area contributed by atoms with E-state index in [1.165, 1.54) is 23.6 Å². The van der Waals surface area contributed by atoms with Gasteiger partial charge in [0.15, 0.2) is 6.61 Å². The van der Waals surface area contributed by atoms with E-state index in [1.54, 1.807) is 0 Å². The normalized spacial score (nSPS) is 36.7. The average Bonchev–Trinajstić information content (AvgIpc) is 3.42. The Morgan fingerprint density at radius 1 is 1.19 bits per heavy atom. The first kappa shape index (κ1) is 29.1. The Kier molecular flexibility index (Phi) is 6.93. The lowest BCUT2D eigenvalue weighted by molar-refractivity contribution is -0.192. The lowest BCUT2D eigenvalue weighted by Gasteiger charge is -2.60. The number of aromatic nitrogens is 2. The van der Waals surface area contributed by atoms with Crippen LogP contribution in [0.3, 0.4) is 0 Å². The van der Waals surface area contributed by atoms with Gasteiger partial charge < -0.3 is 14.6 Å². The number of benzene rings is 1. The first-order valence-electron chi connectivity index (χ1n) is 15.4. The Bertz CT molecular complexity index is 1470. The molecule has 7 nitrogen and oxygen atoms in total. The second kappa shape index (κ2) is 10.0. The largest absolute Gasteiger partial charge is 0.458 e. The highest BCUT2D eigenvalue weighted by Gasteiger charge is 2.71. The van der Waals surface area contributed by atoms with Crippen LogP contribution in [0.2, 0.25) is 0 Å². The Morgan fingerprint density at radius 2 is 1.90 bits per heavy atom. The van der Waals surface area contributed by atoms with Crippen molar-refractivity contribution in [1.29, 1.82) is 0 Å². The second-order valence-corrected chi connectivity index (χ2v) is 14.0. The Morgan fingerprint density at radius 3 is 2.57 bits per heavy atom. The summed E-state index contributed by atoms with van der Waals surface area (Å²) in [5.41, 5.74) is 3.43. The number of fused-ring (bicyclic) bond motifs is 6. The predicted molar refractivity (Wildman–Crippen MR) is 161 cm³/mol. The Balaban J connectivity index is 1.46. The van der Waals surface area contributed by atoms with Gasteiger partial charge >= 0.3 is 5.97 Å². The summed E-state index contributed by atoms with van der Waals surface area (Å²) < 4.78 is 13.9. The van der Waals surface area contributed by atoms with Crippen LogP contribution >= 0.6 is 0 Å². The molecule has 1 aromatic heterocycles. The van der Waals surface area contributed by atoms with Gasteiger partial charge in [0.05, 0.1) is 29.8 Å². The van der Waals surface area contributed by atoms with Crippen molar-refractivity contribution in [3.05, 3.63) is 65.0 Å². The molecule has 0 aliphatic heterocycles. The highest BCUT2D eigenvalue weighted by Crippen LogP contribution is 2.68. The maximum Gasteiger partial charge on any atom is 0.303 e. The quantitative estimate of drug-likeness (QED) is 0.445. The highest BCUT2D eigenvalue weighted by atomic mass is 16.5. The molecule has 8 unspecified atom stereocenters. The van der Waals surface area contributed by atoms with E-state index in [0.29, 0.717) is 6.42 Å². The molecule has 2 fully saturated rings. The summed E-state index contributed by atoms with van der Waals surface area (Å²) in [6.45, 7) is 13.6. The number of hydrogen-bond acceptors (Lipinski definition) is 6. The minimum absolute atomic E-state index is 0.0116. The fraction of sp³-hybridized carbons (Fsp3) is 0.571. The fourth-order valence-electron chi connectivity index (χ4n) is 9.49. The molecule has 4 aliphatic carbocycles. The van der Waals surface area contributed by atoms with Gasteiger partial charge in [0, 0.05) is 23.7 Å². The number of ketones is 1. The molecule has 6 rings (SSSR count). The van der Waals surface area contributed by atoms with Gasteiger partial charge in [-0.3, -0.25) is 9.59 Å². The first-order valence-corrected chi connectivity index (χ1v) is 15.4. The van der Waals surface area contributed by atoms with Gasteiger partial charge in [-0.15, -0.1) is 0 Å². The van der Waals surface area contributed by atoms with Gasteiger partial charge in [0.1, 0.15) is 5.60 Å². The number of nitrogens with zero attached hydrogens (tertiary/aromatic N) is 2. The minimum Gasteiger partial charge on any atom is -0.458 e. The molecule has 7 heteroatoms. The molecule has 1 heterocycles. The van der Waals surface area contributed by atoms with E-state index in [2.05, 4.69) is 58.9 Å². The third kappa shape index (κ3) is 4.10. The maximum absolute atomic E-state index is 13.6. The van der Waals surface area contributed by atoms with E-state index in [1.807, 2.05) is 36.0 Å². The van der Waals surface area contributed by atoms with E-state index in [-0.39, 0.29) is 41.3 Å². The summed E-state index contributed by atoms with van der Waals surface area (Å²) in [4.78, 5) is 25.2. The second-order valence-electron chi connectivity index (χ2n) is 14.0. The summed E-state index contributed by atoms with van der Waals surface area (Å²) in [6.07, 6.45) is 8.71. The summed E-state index contributed by atoms with van der Waals surface area (Å²) in [6, 6.07) is 10.3. The van der Waals surface area contributed by atoms with Crippen molar-refractivity contribution in [1.82, 2.24) is 9.78 Å². The fourth-order valence-corrected chi connectivity index (χ4v) is 9.49. The molecule has 4 aliphatic rings. The number of Topliss-reactive ketones (excluding diaryl/α,β-unsaturated/α-hetero) is 1. The standard InChI is InChI=1S/C35H44N2O5/c1-20(2)42-30-17-34(7)28(14-22(4)35(34,40)31(39)19-41-23(5)38)26-13-21(3)27-15-29-24(16-33(27,6)32(26)30)18-36-37(29)25-11-9-8-10-12-25/h8-13,15,18,20,22,26,28,30,32,40H,14,16-17,19H2,1-7H3. The molecule has 0 amide bonds. The number of hydrogen-bond donors (Lipinski definition) is 1. The summed E-state index contributed by atoms with van der Waals surface area (Å²) in [7, 11) is 0. The van der Waals surface area contributed by atoms with Crippen LogP contribution < -0.4 is 0 Å². The van der Waals surface area contributed by atoms with Crippen molar-refractivity contribution in [2.24, 2.45) is 34.5 Å². The van der Waals surface area contributed by atoms with Crippen LogP contribution in [0.5, 0.6) is 0 Å². The monoisotopic (exact) mass is 572 g/mol. The zero-order chi connectivity index (χ0) is 30.2. The van der Waals surface area contributed by atoms with E-state index in [0.717, 1.165) is 24.2 Å². The van der Waals surface area contributed by atoms with Crippen LogP contribution in [0, 0.1) is 34.5 Å². The number of esters is 1.